The molecule has 1 N–H and O–H groups in total. The standard InChI is InChI=1S/C17H29N3S/c1-13(2)11-15-16(12-18-14-7-8-14)21-17(19-15)20-9-5-3-4-6-10-20/h13-14,18H,3-12H2,1-2H3. The van der Waals surface area contributed by atoms with Crippen molar-refractivity contribution in [3.8, 4) is 0 Å². The molecule has 0 spiro atoms. The van der Waals surface area contributed by atoms with Crippen LogP contribution in [0.3, 0.4) is 0 Å². The van der Waals surface area contributed by atoms with E-state index < -0.39 is 0 Å². The third kappa shape index (κ3) is 4.43. The van der Waals surface area contributed by atoms with Crippen LogP contribution in [0.15, 0.2) is 0 Å². The van der Waals surface area contributed by atoms with Gasteiger partial charge in [-0.05, 0) is 38.0 Å². The monoisotopic (exact) mass is 307 g/mol. The number of anilines is 1. The van der Waals surface area contributed by atoms with E-state index in [1.165, 1.54) is 67.3 Å². The maximum atomic E-state index is 5.02. The predicted molar refractivity (Wildman–Crippen MR) is 91.2 cm³/mol. The third-order valence-electron chi connectivity index (χ3n) is 4.37. The third-order valence-corrected chi connectivity index (χ3v) is 5.53. The second kappa shape index (κ2) is 7.10. The molecule has 0 atom stereocenters. The fraction of sp³-hybridized carbons (Fsp3) is 0.824. The van der Waals surface area contributed by atoms with Gasteiger partial charge in [0.05, 0.1) is 5.69 Å². The van der Waals surface area contributed by atoms with Crippen molar-refractivity contribution < 1.29 is 0 Å². The van der Waals surface area contributed by atoms with Gasteiger partial charge in [0.1, 0.15) is 0 Å². The number of thiazole rings is 1. The van der Waals surface area contributed by atoms with Gasteiger partial charge in [0.2, 0.25) is 0 Å². The molecule has 2 fully saturated rings. The Morgan fingerprint density at radius 2 is 1.90 bits per heavy atom. The molecule has 1 aliphatic heterocycles. The number of hydrogen-bond donors (Lipinski definition) is 1. The van der Waals surface area contributed by atoms with Crippen LogP contribution in [-0.4, -0.2) is 24.1 Å². The Morgan fingerprint density at radius 1 is 1.19 bits per heavy atom. The van der Waals surface area contributed by atoms with Crippen LogP contribution >= 0.6 is 11.3 Å². The quantitative estimate of drug-likeness (QED) is 0.862. The highest BCUT2D eigenvalue weighted by atomic mass is 32.1. The van der Waals surface area contributed by atoms with Crippen LogP contribution in [0.4, 0.5) is 5.13 Å². The van der Waals surface area contributed by atoms with Crippen LogP contribution < -0.4 is 10.2 Å². The van der Waals surface area contributed by atoms with Crippen molar-refractivity contribution in [2.45, 2.75) is 71.4 Å². The Hall–Kier alpha value is -0.610. The van der Waals surface area contributed by atoms with Crippen molar-refractivity contribution in [3.63, 3.8) is 0 Å². The van der Waals surface area contributed by atoms with Crippen LogP contribution in [0.2, 0.25) is 0 Å². The van der Waals surface area contributed by atoms with E-state index in [1.54, 1.807) is 0 Å². The fourth-order valence-corrected chi connectivity index (χ4v) is 4.07. The lowest BCUT2D eigenvalue weighted by Gasteiger charge is -2.18. The molecule has 21 heavy (non-hydrogen) atoms. The lowest BCUT2D eigenvalue weighted by molar-refractivity contribution is 0.623. The van der Waals surface area contributed by atoms with E-state index in [2.05, 4.69) is 24.1 Å². The molecule has 1 saturated heterocycles. The Kier molecular flexibility index (Phi) is 5.17. The van der Waals surface area contributed by atoms with Crippen molar-refractivity contribution >= 4 is 16.5 Å². The molecule has 2 aliphatic rings. The molecule has 3 nitrogen and oxygen atoms in total. The molecule has 118 valence electrons. The Balaban J connectivity index is 1.72. The Morgan fingerprint density at radius 3 is 2.52 bits per heavy atom. The van der Waals surface area contributed by atoms with Gasteiger partial charge >= 0.3 is 0 Å². The zero-order chi connectivity index (χ0) is 14.7. The molecule has 0 unspecified atom stereocenters. The molecule has 3 rings (SSSR count). The molecule has 0 bridgehead atoms. The van der Waals surface area contributed by atoms with Gasteiger partial charge in [-0.2, -0.15) is 0 Å². The van der Waals surface area contributed by atoms with Crippen LogP contribution in [0.25, 0.3) is 0 Å². The molecule has 2 heterocycles. The van der Waals surface area contributed by atoms with Crippen molar-refractivity contribution in [1.29, 1.82) is 0 Å². The second-order valence-electron chi connectivity index (χ2n) is 7.02. The normalized spacial score (nSPS) is 20.0. The van der Waals surface area contributed by atoms with E-state index in [4.69, 9.17) is 4.98 Å². The summed E-state index contributed by atoms with van der Waals surface area (Å²) in [6.45, 7) is 8.01. The maximum Gasteiger partial charge on any atom is 0.185 e. The minimum Gasteiger partial charge on any atom is -0.348 e. The summed E-state index contributed by atoms with van der Waals surface area (Å²) in [6.07, 6.45) is 9.26. The van der Waals surface area contributed by atoms with Gasteiger partial charge in [-0.25, -0.2) is 4.98 Å². The van der Waals surface area contributed by atoms with Crippen molar-refractivity contribution in [3.05, 3.63) is 10.6 Å². The SMILES string of the molecule is CC(C)Cc1nc(N2CCCCCC2)sc1CNC1CC1. The molecule has 4 heteroatoms. The largest absolute Gasteiger partial charge is 0.348 e. The van der Waals surface area contributed by atoms with E-state index in [1.807, 2.05) is 11.3 Å². The summed E-state index contributed by atoms with van der Waals surface area (Å²) in [6, 6.07) is 0.778. The lowest BCUT2D eigenvalue weighted by atomic mass is 10.1. The average molecular weight is 308 g/mol. The molecule has 1 aromatic rings. The van der Waals surface area contributed by atoms with E-state index in [0.29, 0.717) is 5.92 Å². The van der Waals surface area contributed by atoms with Gasteiger partial charge < -0.3 is 10.2 Å². The van der Waals surface area contributed by atoms with Gasteiger partial charge in [0, 0.05) is 30.6 Å². The number of nitrogens with one attached hydrogen (secondary N) is 1. The predicted octanol–water partition coefficient (Wildman–Crippen LogP) is 3.97. The average Bonchev–Trinajstić information content (AvgIpc) is 3.23. The van der Waals surface area contributed by atoms with Crippen molar-refractivity contribution in [2.75, 3.05) is 18.0 Å². The summed E-state index contributed by atoms with van der Waals surface area (Å²) < 4.78 is 0. The van der Waals surface area contributed by atoms with E-state index in [-0.39, 0.29) is 0 Å². The molecule has 0 radical (unpaired) electrons. The van der Waals surface area contributed by atoms with Crippen LogP contribution in [0.5, 0.6) is 0 Å². The minimum absolute atomic E-state index is 0.684. The topological polar surface area (TPSA) is 28.2 Å². The first-order chi connectivity index (χ1) is 10.2. The number of aromatic nitrogens is 1. The smallest absolute Gasteiger partial charge is 0.185 e. The highest BCUT2D eigenvalue weighted by Crippen LogP contribution is 2.30. The molecular weight excluding hydrogens is 278 g/mol. The van der Waals surface area contributed by atoms with Gasteiger partial charge in [-0.3, -0.25) is 0 Å². The van der Waals surface area contributed by atoms with E-state index in [0.717, 1.165) is 19.0 Å². The number of nitrogens with zero attached hydrogens (tertiary/aromatic N) is 2. The second-order valence-corrected chi connectivity index (χ2v) is 8.08. The first-order valence-electron chi connectivity index (χ1n) is 8.69. The fourth-order valence-electron chi connectivity index (χ4n) is 2.98. The highest BCUT2D eigenvalue weighted by Gasteiger charge is 2.23. The molecule has 0 aromatic carbocycles. The first-order valence-corrected chi connectivity index (χ1v) is 9.51. The van der Waals surface area contributed by atoms with Crippen molar-refractivity contribution in [1.82, 2.24) is 10.3 Å². The lowest BCUT2D eigenvalue weighted by Crippen LogP contribution is -2.23. The maximum absolute atomic E-state index is 5.02. The van der Waals surface area contributed by atoms with Gasteiger partial charge in [-0.1, -0.05) is 26.7 Å². The summed E-state index contributed by atoms with van der Waals surface area (Å²) >= 11 is 1.94. The highest BCUT2D eigenvalue weighted by molar-refractivity contribution is 7.15. The summed E-state index contributed by atoms with van der Waals surface area (Å²) in [4.78, 5) is 9.03. The molecule has 1 aromatic heterocycles. The Labute approximate surface area is 133 Å². The van der Waals surface area contributed by atoms with Crippen LogP contribution in [0.1, 0.15) is 62.9 Å². The molecule has 0 amide bonds. The number of rotatable bonds is 6. The summed E-state index contributed by atoms with van der Waals surface area (Å²) in [5.41, 5.74) is 1.35. The van der Waals surface area contributed by atoms with E-state index in [9.17, 15) is 0 Å². The summed E-state index contributed by atoms with van der Waals surface area (Å²) in [5, 5.41) is 4.94. The van der Waals surface area contributed by atoms with Gasteiger partial charge in [0.25, 0.3) is 0 Å². The Bertz CT molecular complexity index is 443. The van der Waals surface area contributed by atoms with Gasteiger partial charge in [-0.15, -0.1) is 11.3 Å². The molecule has 1 saturated carbocycles. The summed E-state index contributed by atoms with van der Waals surface area (Å²) in [5.74, 6) is 0.684. The van der Waals surface area contributed by atoms with Crippen molar-refractivity contribution in [2.24, 2.45) is 5.92 Å². The molecular formula is C17H29N3S. The number of hydrogen-bond acceptors (Lipinski definition) is 4. The zero-order valence-electron chi connectivity index (χ0n) is 13.5. The zero-order valence-corrected chi connectivity index (χ0v) is 14.3. The van der Waals surface area contributed by atoms with E-state index >= 15 is 0 Å². The minimum atomic E-state index is 0.684. The summed E-state index contributed by atoms with van der Waals surface area (Å²) in [7, 11) is 0. The van der Waals surface area contributed by atoms with Crippen LogP contribution in [0, 0.1) is 5.92 Å². The van der Waals surface area contributed by atoms with Gasteiger partial charge in [0.15, 0.2) is 5.13 Å². The van der Waals surface area contributed by atoms with Crippen LogP contribution in [-0.2, 0) is 13.0 Å². The first kappa shape index (κ1) is 15.3. The molecule has 1 aliphatic carbocycles.